The Balaban J connectivity index is 1.52. The molecule has 0 unspecified atom stereocenters. The lowest BCUT2D eigenvalue weighted by Crippen LogP contribution is -2.45. The van der Waals surface area contributed by atoms with Crippen molar-refractivity contribution in [3.63, 3.8) is 0 Å². The van der Waals surface area contributed by atoms with Crippen LogP contribution in [-0.4, -0.2) is 36.3 Å². The molecule has 3 aromatic carbocycles. The summed E-state index contributed by atoms with van der Waals surface area (Å²) in [7, 11) is 0. The fourth-order valence-electron chi connectivity index (χ4n) is 4.37. The van der Waals surface area contributed by atoms with Gasteiger partial charge in [0.25, 0.3) is 0 Å². The summed E-state index contributed by atoms with van der Waals surface area (Å²) in [4.78, 5) is 37.9. The minimum absolute atomic E-state index is 0.189. The zero-order valence-corrected chi connectivity index (χ0v) is 22.0. The van der Waals surface area contributed by atoms with Crippen LogP contribution in [0.4, 0.5) is 26.7 Å². The normalized spacial score (nSPS) is 13.2. The molecule has 7 nitrogen and oxygen atoms in total. The van der Waals surface area contributed by atoms with Gasteiger partial charge >= 0.3 is 18.0 Å². The smallest absolute Gasteiger partial charge is 0.407 e. The predicted octanol–water partition coefficient (Wildman–Crippen LogP) is 5.93. The predicted molar refractivity (Wildman–Crippen MR) is 134 cm³/mol. The number of hydrogen-bond donors (Lipinski definition) is 1. The molecule has 1 amide bonds. The molecule has 0 aromatic heterocycles. The average molecular weight is 578 g/mol. The lowest BCUT2D eigenvalue weighted by molar-refractivity contribution is -0.157. The molecule has 0 saturated carbocycles. The molecule has 0 aliphatic heterocycles. The SMILES string of the molecule is CC(C)(C)OC(=O)C[C@@H](NC(=O)OCC1c2ccccc2-c2ccccc21)C(=O)Oc1c(F)c(F)c(F)c(F)c1F. The van der Waals surface area contributed by atoms with Gasteiger partial charge in [0.1, 0.15) is 18.2 Å². The van der Waals surface area contributed by atoms with Crippen LogP contribution >= 0.6 is 0 Å². The van der Waals surface area contributed by atoms with Crippen molar-refractivity contribution in [3.05, 3.63) is 88.7 Å². The summed E-state index contributed by atoms with van der Waals surface area (Å²) in [5.41, 5.74) is 2.66. The Bertz CT molecular complexity index is 1450. The standard InChI is InChI=1S/C29H24F5NO6/c1-29(2,3)41-20(36)12-19(27(37)40-26-24(33)22(31)21(30)23(32)25(26)34)35-28(38)39-13-18-16-10-6-4-8-14(16)15-9-5-7-11-17(15)18/h4-11,18-19H,12-13H2,1-3H3,(H,35,38)/t19-/m1/s1. The quantitative estimate of drug-likeness (QED) is 0.123. The van der Waals surface area contributed by atoms with Crippen molar-refractivity contribution >= 4 is 18.0 Å². The molecular formula is C29H24F5NO6. The van der Waals surface area contributed by atoms with Crippen molar-refractivity contribution in [1.29, 1.82) is 0 Å². The molecule has 1 aliphatic rings. The Morgan fingerprint density at radius 1 is 0.805 bits per heavy atom. The highest BCUT2D eigenvalue weighted by Crippen LogP contribution is 2.44. The van der Waals surface area contributed by atoms with Crippen LogP contribution in [0.2, 0.25) is 0 Å². The van der Waals surface area contributed by atoms with Crippen LogP contribution in [0.25, 0.3) is 11.1 Å². The molecule has 0 fully saturated rings. The fourth-order valence-corrected chi connectivity index (χ4v) is 4.37. The third-order valence-corrected chi connectivity index (χ3v) is 6.08. The van der Waals surface area contributed by atoms with E-state index in [2.05, 4.69) is 10.1 Å². The van der Waals surface area contributed by atoms with Crippen LogP contribution in [-0.2, 0) is 19.1 Å². The molecule has 4 rings (SSSR count). The fraction of sp³-hybridized carbons (Fsp3) is 0.276. The van der Waals surface area contributed by atoms with E-state index in [0.29, 0.717) is 0 Å². The van der Waals surface area contributed by atoms with E-state index in [-0.39, 0.29) is 12.5 Å². The lowest BCUT2D eigenvalue weighted by atomic mass is 9.98. The average Bonchev–Trinajstić information content (AvgIpc) is 3.24. The van der Waals surface area contributed by atoms with Crippen LogP contribution in [0.15, 0.2) is 48.5 Å². The number of fused-ring (bicyclic) bond motifs is 3. The van der Waals surface area contributed by atoms with Crippen LogP contribution < -0.4 is 10.1 Å². The van der Waals surface area contributed by atoms with E-state index < -0.39 is 70.9 Å². The van der Waals surface area contributed by atoms with Gasteiger partial charge in [-0.1, -0.05) is 48.5 Å². The maximum atomic E-state index is 14.1. The molecule has 1 aliphatic carbocycles. The maximum Gasteiger partial charge on any atom is 0.407 e. The number of hydrogen-bond acceptors (Lipinski definition) is 6. The van der Waals surface area contributed by atoms with Crippen molar-refractivity contribution in [2.24, 2.45) is 0 Å². The molecule has 0 radical (unpaired) electrons. The summed E-state index contributed by atoms with van der Waals surface area (Å²) in [6, 6.07) is 13.0. The summed E-state index contributed by atoms with van der Waals surface area (Å²) in [5.74, 6) is -17.0. The number of nitrogens with one attached hydrogen (secondary N) is 1. The third-order valence-electron chi connectivity index (χ3n) is 6.08. The van der Waals surface area contributed by atoms with Crippen molar-refractivity contribution in [2.45, 2.75) is 44.8 Å². The second-order valence-electron chi connectivity index (χ2n) is 10.1. The highest BCUT2D eigenvalue weighted by atomic mass is 19.2. The van der Waals surface area contributed by atoms with Crippen LogP contribution in [0, 0.1) is 29.1 Å². The van der Waals surface area contributed by atoms with Crippen LogP contribution in [0.1, 0.15) is 44.2 Å². The Morgan fingerprint density at radius 2 is 1.29 bits per heavy atom. The Hall–Kier alpha value is -4.48. The molecule has 12 heteroatoms. The number of ether oxygens (including phenoxy) is 3. The number of carbonyl (C=O) groups is 3. The second kappa shape index (κ2) is 11.6. The molecule has 41 heavy (non-hydrogen) atoms. The van der Waals surface area contributed by atoms with Gasteiger partial charge in [-0.3, -0.25) is 4.79 Å². The molecule has 1 atom stereocenters. The van der Waals surface area contributed by atoms with E-state index in [4.69, 9.17) is 9.47 Å². The van der Waals surface area contributed by atoms with E-state index in [1.165, 1.54) is 20.8 Å². The monoisotopic (exact) mass is 577 g/mol. The largest absolute Gasteiger partial charge is 0.460 e. The van der Waals surface area contributed by atoms with E-state index in [0.717, 1.165) is 22.3 Å². The minimum atomic E-state index is -2.46. The summed E-state index contributed by atoms with van der Waals surface area (Å²) in [6.07, 6.45) is -2.12. The topological polar surface area (TPSA) is 90.9 Å². The number of amides is 1. The number of rotatable bonds is 7. The Labute approximate surface area is 231 Å². The number of esters is 2. The van der Waals surface area contributed by atoms with Gasteiger partial charge in [-0.05, 0) is 43.0 Å². The van der Waals surface area contributed by atoms with Gasteiger partial charge in [-0.15, -0.1) is 0 Å². The van der Waals surface area contributed by atoms with E-state index in [1.54, 1.807) is 0 Å². The van der Waals surface area contributed by atoms with Crippen LogP contribution in [0.5, 0.6) is 5.75 Å². The van der Waals surface area contributed by atoms with Gasteiger partial charge in [-0.25, -0.2) is 22.8 Å². The molecule has 0 saturated heterocycles. The molecule has 0 bridgehead atoms. The maximum absolute atomic E-state index is 14.1. The Kier molecular flexibility index (Phi) is 8.32. The van der Waals surface area contributed by atoms with Gasteiger partial charge in [0.2, 0.25) is 34.8 Å². The molecule has 3 aromatic rings. The van der Waals surface area contributed by atoms with Crippen molar-refractivity contribution in [1.82, 2.24) is 5.32 Å². The summed E-state index contributed by atoms with van der Waals surface area (Å²) in [6.45, 7) is 4.37. The van der Waals surface area contributed by atoms with E-state index in [9.17, 15) is 36.3 Å². The number of benzene rings is 3. The first-order valence-corrected chi connectivity index (χ1v) is 12.3. The van der Waals surface area contributed by atoms with Crippen molar-refractivity contribution in [2.75, 3.05) is 6.61 Å². The summed E-state index contributed by atoms with van der Waals surface area (Å²) < 4.78 is 83.7. The molecular weight excluding hydrogens is 553 g/mol. The molecule has 0 spiro atoms. The number of halogens is 5. The number of alkyl carbamates (subject to hydrolysis) is 1. The van der Waals surface area contributed by atoms with E-state index >= 15 is 0 Å². The van der Waals surface area contributed by atoms with Gasteiger partial charge in [0.05, 0.1) is 6.42 Å². The minimum Gasteiger partial charge on any atom is -0.460 e. The lowest BCUT2D eigenvalue weighted by Gasteiger charge is -2.22. The zero-order valence-electron chi connectivity index (χ0n) is 22.0. The van der Waals surface area contributed by atoms with Gasteiger partial charge < -0.3 is 19.5 Å². The molecule has 0 heterocycles. The molecule has 1 N–H and O–H groups in total. The molecule has 216 valence electrons. The van der Waals surface area contributed by atoms with Crippen molar-refractivity contribution in [3.8, 4) is 16.9 Å². The van der Waals surface area contributed by atoms with Gasteiger partial charge in [0, 0.05) is 5.92 Å². The first-order valence-electron chi connectivity index (χ1n) is 12.3. The van der Waals surface area contributed by atoms with E-state index in [1.807, 2.05) is 48.5 Å². The first-order chi connectivity index (χ1) is 19.3. The Morgan fingerprint density at radius 3 is 1.80 bits per heavy atom. The third kappa shape index (κ3) is 6.31. The summed E-state index contributed by atoms with van der Waals surface area (Å²) in [5, 5.41) is 2.06. The number of carbonyl (C=O) groups excluding carboxylic acids is 3. The second-order valence-corrected chi connectivity index (χ2v) is 10.1. The van der Waals surface area contributed by atoms with Gasteiger partial charge in [-0.2, -0.15) is 8.78 Å². The first kappa shape index (κ1) is 29.5. The summed E-state index contributed by atoms with van der Waals surface area (Å²) >= 11 is 0. The van der Waals surface area contributed by atoms with Gasteiger partial charge in [0.15, 0.2) is 0 Å². The highest BCUT2D eigenvalue weighted by molar-refractivity contribution is 5.87. The van der Waals surface area contributed by atoms with Crippen LogP contribution in [0.3, 0.4) is 0 Å². The highest BCUT2D eigenvalue weighted by Gasteiger charge is 2.34. The van der Waals surface area contributed by atoms with Crippen molar-refractivity contribution < 1.29 is 50.5 Å². The zero-order chi connectivity index (χ0) is 30.1.